The van der Waals surface area contributed by atoms with Crippen LogP contribution in [-0.4, -0.2) is 21.4 Å². The van der Waals surface area contributed by atoms with Crippen LogP contribution in [-0.2, 0) is 11.8 Å². The number of thiol groups is 1. The lowest BCUT2D eigenvalue weighted by Gasteiger charge is -2.10. The molecule has 2 rings (SSSR count). The van der Waals surface area contributed by atoms with Crippen molar-refractivity contribution < 1.29 is 4.79 Å². The summed E-state index contributed by atoms with van der Waals surface area (Å²) >= 11 is 4.29. The minimum Gasteiger partial charge on any atom is -0.323 e. The third-order valence-corrected chi connectivity index (χ3v) is 3.79. The van der Waals surface area contributed by atoms with Gasteiger partial charge in [-0.05, 0) is 30.9 Å². The van der Waals surface area contributed by atoms with Crippen LogP contribution in [0.15, 0.2) is 6.20 Å². The summed E-state index contributed by atoms with van der Waals surface area (Å²) in [6, 6.07) is 0. The molecule has 1 N–H and O–H groups in total. The summed E-state index contributed by atoms with van der Waals surface area (Å²) in [5.74, 6) is 0.870. The number of hydrogen-bond donors (Lipinski definition) is 2. The predicted molar refractivity (Wildman–Crippen MR) is 66.7 cm³/mol. The highest BCUT2D eigenvalue weighted by atomic mass is 32.1. The zero-order chi connectivity index (χ0) is 11.8. The van der Waals surface area contributed by atoms with Crippen molar-refractivity contribution in [3.8, 4) is 0 Å². The maximum absolute atomic E-state index is 11.8. The van der Waals surface area contributed by atoms with E-state index in [2.05, 4.69) is 23.0 Å². The molecule has 0 aliphatic heterocycles. The normalized spacial score (nSPS) is 17.2. The number of hydrogen-bond acceptors (Lipinski definition) is 3. The van der Waals surface area contributed by atoms with Gasteiger partial charge < -0.3 is 5.32 Å². The van der Waals surface area contributed by atoms with Crippen LogP contribution in [0.2, 0.25) is 0 Å². The van der Waals surface area contributed by atoms with Crippen molar-refractivity contribution in [2.24, 2.45) is 12.5 Å². The van der Waals surface area contributed by atoms with Crippen LogP contribution in [0.3, 0.4) is 0 Å². The topological polar surface area (TPSA) is 46.9 Å². The Morgan fingerprint density at radius 3 is 2.81 bits per heavy atom. The van der Waals surface area contributed by atoms with E-state index in [0.29, 0.717) is 6.42 Å². The average molecular weight is 239 g/mol. The van der Waals surface area contributed by atoms with E-state index in [1.165, 1.54) is 0 Å². The molecule has 0 aromatic carbocycles. The number of rotatable bonds is 4. The maximum atomic E-state index is 11.8. The number of nitrogens with one attached hydrogen (secondary N) is 1. The Balaban J connectivity index is 1.95. The summed E-state index contributed by atoms with van der Waals surface area (Å²) in [7, 11) is 1.85. The van der Waals surface area contributed by atoms with Gasteiger partial charge in [0.2, 0.25) is 5.91 Å². The van der Waals surface area contributed by atoms with E-state index in [9.17, 15) is 4.79 Å². The largest absolute Gasteiger partial charge is 0.323 e. The quantitative estimate of drug-likeness (QED) is 0.787. The monoisotopic (exact) mass is 239 g/mol. The first-order chi connectivity index (χ1) is 7.54. The number of carbonyl (C=O) groups excluding carboxylic acids is 1. The molecule has 1 aliphatic carbocycles. The van der Waals surface area contributed by atoms with E-state index in [1.54, 1.807) is 4.68 Å². The Morgan fingerprint density at radius 2 is 2.38 bits per heavy atom. The molecule has 0 spiro atoms. The van der Waals surface area contributed by atoms with Crippen LogP contribution in [0.4, 0.5) is 5.69 Å². The van der Waals surface area contributed by atoms with Crippen LogP contribution in [0.25, 0.3) is 0 Å². The zero-order valence-electron chi connectivity index (χ0n) is 9.66. The lowest BCUT2D eigenvalue weighted by Crippen LogP contribution is -2.18. The van der Waals surface area contributed by atoms with Gasteiger partial charge >= 0.3 is 0 Å². The molecule has 0 saturated heterocycles. The number of aryl methyl sites for hydroxylation is 2. The van der Waals surface area contributed by atoms with Crippen molar-refractivity contribution in [2.45, 2.75) is 26.2 Å². The fourth-order valence-corrected chi connectivity index (χ4v) is 2.25. The highest BCUT2D eigenvalue weighted by Gasteiger charge is 2.42. The first-order valence-corrected chi connectivity index (χ1v) is 6.09. The molecular formula is C11H17N3OS. The van der Waals surface area contributed by atoms with Crippen molar-refractivity contribution in [3.63, 3.8) is 0 Å². The van der Waals surface area contributed by atoms with Gasteiger partial charge in [0.15, 0.2) is 0 Å². The molecule has 5 heteroatoms. The number of carbonyl (C=O) groups is 1. The average Bonchev–Trinajstić information content (AvgIpc) is 2.90. The third kappa shape index (κ3) is 2.40. The molecule has 1 aliphatic rings. The fourth-order valence-electron chi connectivity index (χ4n) is 1.82. The third-order valence-electron chi connectivity index (χ3n) is 3.12. The van der Waals surface area contributed by atoms with Crippen LogP contribution >= 0.6 is 12.6 Å². The number of amides is 1. The first-order valence-electron chi connectivity index (χ1n) is 5.46. The second-order valence-corrected chi connectivity index (χ2v) is 5.00. The Bertz CT molecular complexity index is 409. The molecule has 0 bridgehead atoms. The van der Waals surface area contributed by atoms with Gasteiger partial charge in [0.1, 0.15) is 0 Å². The van der Waals surface area contributed by atoms with Gasteiger partial charge in [-0.2, -0.15) is 17.7 Å². The van der Waals surface area contributed by atoms with Gasteiger partial charge in [0, 0.05) is 19.7 Å². The van der Waals surface area contributed by atoms with E-state index >= 15 is 0 Å². The first kappa shape index (κ1) is 11.5. The second-order valence-electron chi connectivity index (χ2n) is 4.68. The number of anilines is 1. The Hall–Kier alpha value is -0.970. The van der Waals surface area contributed by atoms with Crippen molar-refractivity contribution >= 4 is 24.2 Å². The highest BCUT2D eigenvalue weighted by molar-refractivity contribution is 7.80. The Kier molecular flexibility index (Phi) is 2.97. The lowest BCUT2D eigenvalue weighted by molar-refractivity contribution is -0.117. The minimum absolute atomic E-state index is 0.0719. The molecule has 1 heterocycles. The smallest absolute Gasteiger partial charge is 0.225 e. The molecular weight excluding hydrogens is 222 g/mol. The van der Waals surface area contributed by atoms with Crippen molar-refractivity contribution in [1.29, 1.82) is 0 Å². The maximum Gasteiger partial charge on any atom is 0.225 e. The molecule has 1 aromatic heterocycles. The number of nitrogens with zero attached hydrogens (tertiary/aromatic N) is 2. The molecule has 0 radical (unpaired) electrons. The summed E-state index contributed by atoms with van der Waals surface area (Å²) in [4.78, 5) is 11.8. The molecule has 1 saturated carbocycles. The van der Waals surface area contributed by atoms with Gasteiger partial charge in [-0.15, -0.1) is 0 Å². The van der Waals surface area contributed by atoms with E-state index in [1.807, 2.05) is 20.2 Å². The summed E-state index contributed by atoms with van der Waals surface area (Å²) in [5.41, 5.74) is 1.83. The summed E-state index contributed by atoms with van der Waals surface area (Å²) in [6.07, 6.45) is 4.64. The van der Waals surface area contributed by atoms with E-state index in [4.69, 9.17) is 0 Å². The minimum atomic E-state index is 0.0719. The SMILES string of the molecule is Cc1nn(C)cc1NC(=O)CC1(CS)CC1. The lowest BCUT2D eigenvalue weighted by atomic mass is 10.1. The van der Waals surface area contributed by atoms with Gasteiger partial charge in [-0.3, -0.25) is 9.48 Å². The summed E-state index contributed by atoms with van der Waals surface area (Å²) in [6.45, 7) is 1.89. The molecule has 16 heavy (non-hydrogen) atoms. The standard InChI is InChI=1S/C11H17N3OS/c1-8-9(6-14(2)13-8)12-10(15)5-11(7-16)3-4-11/h6,16H,3-5,7H2,1-2H3,(H,12,15). The van der Waals surface area contributed by atoms with Crippen LogP contribution in [0.5, 0.6) is 0 Å². The van der Waals surface area contributed by atoms with E-state index in [-0.39, 0.29) is 11.3 Å². The molecule has 1 amide bonds. The van der Waals surface area contributed by atoms with Crippen molar-refractivity contribution in [1.82, 2.24) is 9.78 Å². The van der Waals surface area contributed by atoms with Crippen LogP contribution in [0, 0.1) is 12.3 Å². The highest BCUT2D eigenvalue weighted by Crippen LogP contribution is 2.49. The van der Waals surface area contributed by atoms with Crippen molar-refractivity contribution in [3.05, 3.63) is 11.9 Å². The second kappa shape index (κ2) is 4.13. The van der Waals surface area contributed by atoms with Crippen LogP contribution in [0.1, 0.15) is 25.0 Å². The molecule has 4 nitrogen and oxygen atoms in total. The van der Waals surface area contributed by atoms with Gasteiger partial charge in [0.25, 0.3) is 0 Å². The molecule has 88 valence electrons. The van der Waals surface area contributed by atoms with Crippen LogP contribution < -0.4 is 5.32 Å². The van der Waals surface area contributed by atoms with E-state index < -0.39 is 0 Å². The Labute approximate surface area is 101 Å². The van der Waals surface area contributed by atoms with Gasteiger partial charge in [-0.25, -0.2) is 0 Å². The van der Waals surface area contributed by atoms with Gasteiger partial charge in [0.05, 0.1) is 11.4 Å². The molecule has 0 unspecified atom stereocenters. The Morgan fingerprint density at radius 1 is 1.69 bits per heavy atom. The van der Waals surface area contributed by atoms with E-state index in [0.717, 1.165) is 30.0 Å². The van der Waals surface area contributed by atoms with Crippen molar-refractivity contribution in [2.75, 3.05) is 11.1 Å². The summed E-state index contributed by atoms with van der Waals surface area (Å²) < 4.78 is 1.70. The molecule has 1 fully saturated rings. The van der Waals surface area contributed by atoms with Gasteiger partial charge in [-0.1, -0.05) is 0 Å². The molecule has 1 aromatic rings. The number of aromatic nitrogens is 2. The molecule has 0 atom stereocenters. The fraction of sp³-hybridized carbons (Fsp3) is 0.636. The predicted octanol–water partition coefficient (Wildman–Crippen LogP) is 1.77. The summed E-state index contributed by atoms with van der Waals surface area (Å²) in [5, 5.41) is 7.09. The zero-order valence-corrected chi connectivity index (χ0v) is 10.6.